The largest absolute Gasteiger partial charge is 0.446 e. The number of nitrogens with zero attached hydrogens (tertiary/aromatic N) is 1. The number of hydrogen-bond donors (Lipinski definition) is 0. The maximum absolute atomic E-state index is 13.0. The van der Waals surface area contributed by atoms with Crippen molar-refractivity contribution in [2.75, 3.05) is 0 Å². The monoisotopic (exact) mass is 409 g/mol. The summed E-state index contributed by atoms with van der Waals surface area (Å²) in [5.41, 5.74) is 0. The molecule has 2 atom stereocenters. The molecule has 0 radical (unpaired) electrons. The van der Waals surface area contributed by atoms with E-state index in [9.17, 15) is 9.59 Å². The van der Waals surface area contributed by atoms with Gasteiger partial charge in [0.15, 0.2) is 8.32 Å². The molecule has 2 saturated carbocycles. The van der Waals surface area contributed by atoms with Gasteiger partial charge in [0.25, 0.3) is 5.91 Å². The van der Waals surface area contributed by atoms with Crippen LogP contribution < -0.4 is 0 Å². The number of amides is 2. The summed E-state index contributed by atoms with van der Waals surface area (Å²) in [5.74, 6) is 0.219. The van der Waals surface area contributed by atoms with E-state index in [4.69, 9.17) is 9.16 Å². The van der Waals surface area contributed by atoms with E-state index < -0.39 is 20.5 Å². The first-order chi connectivity index (χ1) is 13.5. The SMILES string of the molecule is CC[Si](CC)(CC)OC1C(=O)N(C(=O)OC2CCCCC2)C1C1CCCCC1. The lowest BCUT2D eigenvalue weighted by atomic mass is 9.77. The number of rotatable bonds is 7. The van der Waals surface area contributed by atoms with Gasteiger partial charge in [0.1, 0.15) is 12.2 Å². The fraction of sp³-hybridized carbons (Fsp3) is 0.909. The fourth-order valence-corrected chi connectivity index (χ4v) is 8.18. The number of β-lactam (4-membered cyclic amide) rings is 1. The predicted molar refractivity (Wildman–Crippen MR) is 113 cm³/mol. The average Bonchev–Trinajstić information content (AvgIpc) is 2.74. The summed E-state index contributed by atoms with van der Waals surface area (Å²) in [6.45, 7) is 6.56. The van der Waals surface area contributed by atoms with Crippen molar-refractivity contribution in [1.29, 1.82) is 0 Å². The Morgan fingerprint density at radius 2 is 1.46 bits per heavy atom. The van der Waals surface area contributed by atoms with Crippen LogP contribution in [0.3, 0.4) is 0 Å². The van der Waals surface area contributed by atoms with Gasteiger partial charge < -0.3 is 9.16 Å². The summed E-state index contributed by atoms with van der Waals surface area (Å²) in [6, 6.07) is 2.95. The third kappa shape index (κ3) is 4.48. The molecule has 0 bridgehead atoms. The van der Waals surface area contributed by atoms with Gasteiger partial charge in [-0.05, 0) is 62.6 Å². The van der Waals surface area contributed by atoms with E-state index in [1.165, 1.54) is 30.6 Å². The molecule has 0 aromatic carbocycles. The Morgan fingerprint density at radius 3 is 2.00 bits per heavy atom. The molecule has 3 rings (SSSR count). The molecule has 6 heteroatoms. The van der Waals surface area contributed by atoms with E-state index in [2.05, 4.69) is 20.8 Å². The molecule has 0 aromatic rings. The number of ether oxygens (including phenoxy) is 1. The molecule has 1 heterocycles. The first-order valence-corrected chi connectivity index (χ1v) is 14.3. The lowest BCUT2D eigenvalue weighted by Crippen LogP contribution is -2.72. The fourth-order valence-electron chi connectivity index (χ4n) is 5.40. The van der Waals surface area contributed by atoms with Crippen molar-refractivity contribution < 1.29 is 18.8 Å². The molecule has 160 valence electrons. The lowest BCUT2D eigenvalue weighted by molar-refractivity contribution is -0.166. The van der Waals surface area contributed by atoms with Gasteiger partial charge in [-0.2, -0.15) is 0 Å². The molecule has 0 N–H and O–H groups in total. The van der Waals surface area contributed by atoms with E-state index in [-0.39, 0.29) is 18.1 Å². The molecule has 2 aliphatic carbocycles. The Morgan fingerprint density at radius 1 is 0.929 bits per heavy atom. The highest BCUT2D eigenvalue weighted by Gasteiger charge is 2.57. The second kappa shape index (κ2) is 9.75. The van der Waals surface area contributed by atoms with E-state index in [1.54, 1.807) is 0 Å². The summed E-state index contributed by atoms with van der Waals surface area (Å²) in [7, 11) is -1.90. The topological polar surface area (TPSA) is 55.8 Å². The summed E-state index contributed by atoms with van der Waals surface area (Å²) < 4.78 is 12.4. The molecule has 3 aliphatic rings. The van der Waals surface area contributed by atoms with Crippen LogP contribution in [0.4, 0.5) is 4.79 Å². The van der Waals surface area contributed by atoms with Crippen molar-refractivity contribution in [3.05, 3.63) is 0 Å². The van der Waals surface area contributed by atoms with Crippen LogP contribution in [0.1, 0.15) is 85.0 Å². The van der Waals surface area contributed by atoms with Crippen LogP contribution in [0.5, 0.6) is 0 Å². The molecule has 0 aromatic heterocycles. The minimum atomic E-state index is -1.90. The Kier molecular flexibility index (Phi) is 7.59. The number of imide groups is 1. The van der Waals surface area contributed by atoms with E-state index in [1.807, 2.05) is 0 Å². The summed E-state index contributed by atoms with van der Waals surface area (Å²) in [4.78, 5) is 27.4. The van der Waals surface area contributed by atoms with Crippen molar-refractivity contribution in [1.82, 2.24) is 4.90 Å². The first-order valence-electron chi connectivity index (χ1n) is 11.8. The average molecular weight is 410 g/mol. The van der Waals surface area contributed by atoms with Crippen LogP contribution in [0.25, 0.3) is 0 Å². The van der Waals surface area contributed by atoms with Gasteiger partial charge in [-0.1, -0.05) is 46.5 Å². The van der Waals surface area contributed by atoms with Crippen molar-refractivity contribution in [3.63, 3.8) is 0 Å². The van der Waals surface area contributed by atoms with E-state index >= 15 is 0 Å². The predicted octanol–water partition coefficient (Wildman–Crippen LogP) is 5.64. The highest BCUT2D eigenvalue weighted by Crippen LogP contribution is 2.40. The molecular formula is C22H39NO4Si. The van der Waals surface area contributed by atoms with Crippen LogP contribution in [0.15, 0.2) is 0 Å². The molecular weight excluding hydrogens is 370 g/mol. The molecule has 28 heavy (non-hydrogen) atoms. The van der Waals surface area contributed by atoms with Crippen molar-refractivity contribution >= 4 is 20.3 Å². The van der Waals surface area contributed by atoms with Crippen LogP contribution in [0, 0.1) is 5.92 Å². The molecule has 2 amide bonds. The number of hydrogen-bond acceptors (Lipinski definition) is 4. The summed E-state index contributed by atoms with van der Waals surface area (Å²) in [6.07, 6.45) is 10.3. The van der Waals surface area contributed by atoms with Gasteiger partial charge in [0.2, 0.25) is 0 Å². The number of likely N-dealkylation sites (tertiary alicyclic amines) is 1. The summed E-state index contributed by atoms with van der Waals surface area (Å²) >= 11 is 0. The maximum atomic E-state index is 13.0. The van der Waals surface area contributed by atoms with Gasteiger partial charge in [-0.15, -0.1) is 0 Å². The smallest absolute Gasteiger partial charge is 0.417 e. The van der Waals surface area contributed by atoms with Crippen LogP contribution >= 0.6 is 0 Å². The lowest BCUT2D eigenvalue weighted by Gasteiger charge is -2.51. The van der Waals surface area contributed by atoms with Crippen molar-refractivity contribution in [2.45, 2.75) is 121 Å². The molecule has 3 fully saturated rings. The third-order valence-corrected chi connectivity index (χ3v) is 12.2. The highest BCUT2D eigenvalue weighted by molar-refractivity contribution is 6.73. The minimum Gasteiger partial charge on any atom is -0.446 e. The number of carbonyl (C=O) groups excluding carboxylic acids is 2. The van der Waals surface area contributed by atoms with E-state index in [0.29, 0.717) is 5.92 Å². The van der Waals surface area contributed by atoms with Gasteiger partial charge in [-0.3, -0.25) is 4.79 Å². The van der Waals surface area contributed by atoms with Crippen molar-refractivity contribution in [2.24, 2.45) is 5.92 Å². The van der Waals surface area contributed by atoms with Crippen molar-refractivity contribution in [3.8, 4) is 0 Å². The first kappa shape index (κ1) is 21.8. The molecule has 1 aliphatic heterocycles. The second-order valence-electron chi connectivity index (χ2n) is 9.02. The zero-order valence-electron chi connectivity index (χ0n) is 18.1. The van der Waals surface area contributed by atoms with Gasteiger partial charge >= 0.3 is 6.09 Å². The Balaban J connectivity index is 1.73. The number of carbonyl (C=O) groups is 2. The summed E-state index contributed by atoms with van der Waals surface area (Å²) in [5, 5.41) is 0. The van der Waals surface area contributed by atoms with Gasteiger partial charge in [0.05, 0.1) is 6.04 Å². The zero-order valence-corrected chi connectivity index (χ0v) is 19.1. The molecule has 2 unspecified atom stereocenters. The third-order valence-electron chi connectivity index (χ3n) is 7.55. The van der Waals surface area contributed by atoms with Crippen LogP contribution in [-0.4, -0.2) is 43.5 Å². The zero-order chi connectivity index (χ0) is 20.1. The maximum Gasteiger partial charge on any atom is 0.417 e. The molecule has 1 saturated heterocycles. The molecule has 0 spiro atoms. The van der Waals surface area contributed by atoms with Gasteiger partial charge in [-0.25, -0.2) is 9.69 Å². The van der Waals surface area contributed by atoms with Crippen LogP contribution in [0.2, 0.25) is 18.1 Å². The minimum absolute atomic E-state index is 0.0172. The second-order valence-corrected chi connectivity index (χ2v) is 13.7. The normalized spacial score (nSPS) is 27.5. The quantitative estimate of drug-likeness (QED) is 0.403. The van der Waals surface area contributed by atoms with E-state index in [0.717, 1.165) is 56.7 Å². The standard InChI is InChI=1S/C22H39NO4Si/c1-4-28(5-2,6-3)27-20-19(17-13-9-7-10-14-17)23(21(20)24)22(25)26-18-15-11-8-12-16-18/h17-20H,4-16H2,1-3H3. The van der Waals surface area contributed by atoms with Crippen LogP contribution in [-0.2, 0) is 14.0 Å². The Bertz CT molecular complexity index is 530. The Labute approximate surface area is 171 Å². The Hall–Kier alpha value is -0.883. The molecule has 5 nitrogen and oxygen atoms in total. The van der Waals surface area contributed by atoms with Gasteiger partial charge in [0, 0.05) is 0 Å². The highest BCUT2D eigenvalue weighted by atomic mass is 28.4.